The number of carbonyl (C=O) groups excluding carboxylic acids is 1. The molecule has 0 bridgehead atoms. The van der Waals surface area contributed by atoms with E-state index in [4.69, 9.17) is 0 Å². The second-order valence-electron chi connectivity index (χ2n) is 2.48. The Morgan fingerprint density at radius 1 is 1.38 bits per heavy atom. The smallest absolute Gasteiger partial charge is 0.337 e. The molecule has 0 amide bonds. The molecule has 0 radical (unpaired) electrons. The van der Waals surface area contributed by atoms with Crippen LogP contribution in [-0.2, 0) is 11.3 Å². The first-order valence-electron chi connectivity index (χ1n) is 3.74. The molecule has 13 heavy (non-hydrogen) atoms. The molecule has 0 spiro atoms. The Labute approximate surface area is 75.5 Å². The molecule has 68 valence electrons. The molecule has 1 rings (SSSR count). The van der Waals surface area contributed by atoms with Gasteiger partial charge in [-0.25, -0.2) is 4.79 Å². The van der Waals surface area contributed by atoms with Crippen molar-refractivity contribution >= 4 is 5.97 Å². The van der Waals surface area contributed by atoms with Gasteiger partial charge < -0.3 is 4.74 Å². The Morgan fingerprint density at radius 2 is 2.00 bits per heavy atom. The van der Waals surface area contributed by atoms with Gasteiger partial charge in [-0.1, -0.05) is 17.3 Å². The molecule has 0 aliphatic heterocycles. The Kier molecular flexibility index (Phi) is 3.14. The second-order valence-corrected chi connectivity index (χ2v) is 2.48. The zero-order chi connectivity index (χ0) is 9.68. The summed E-state index contributed by atoms with van der Waals surface area (Å²) in [7, 11) is 1.32. The molecule has 0 heterocycles. The number of nitrogens with zero attached hydrogens (tertiary/aromatic N) is 1. The van der Waals surface area contributed by atoms with E-state index in [0.717, 1.165) is 5.56 Å². The number of methoxy groups -OCH3 is 1. The van der Waals surface area contributed by atoms with E-state index in [1.807, 2.05) is 0 Å². The minimum absolute atomic E-state index is 0.126. The third kappa shape index (κ3) is 2.37. The van der Waals surface area contributed by atoms with E-state index in [2.05, 4.69) is 9.91 Å². The van der Waals surface area contributed by atoms with Crippen LogP contribution in [0.25, 0.3) is 0 Å². The van der Waals surface area contributed by atoms with Crippen molar-refractivity contribution in [2.75, 3.05) is 7.11 Å². The van der Waals surface area contributed by atoms with Crippen LogP contribution in [0.3, 0.4) is 0 Å². The van der Waals surface area contributed by atoms with E-state index in [0.29, 0.717) is 5.56 Å². The minimum Gasteiger partial charge on any atom is -0.465 e. The van der Waals surface area contributed by atoms with E-state index < -0.39 is 0 Å². The van der Waals surface area contributed by atoms with E-state index >= 15 is 0 Å². The molecule has 0 aliphatic rings. The number of nitroso groups, excluding NO2 is 1. The quantitative estimate of drug-likeness (QED) is 0.524. The summed E-state index contributed by atoms with van der Waals surface area (Å²) in [6.45, 7) is 0.126. The molecule has 1 aromatic carbocycles. The van der Waals surface area contributed by atoms with Crippen molar-refractivity contribution in [1.82, 2.24) is 0 Å². The van der Waals surface area contributed by atoms with Gasteiger partial charge in [0, 0.05) is 0 Å². The SMILES string of the molecule is COC(=O)c1ccc(CN=O)cc1. The fourth-order valence-electron chi connectivity index (χ4n) is 0.939. The fraction of sp³-hybridized carbons (Fsp3) is 0.222. The molecule has 4 nitrogen and oxygen atoms in total. The lowest BCUT2D eigenvalue weighted by atomic mass is 10.1. The highest BCUT2D eigenvalue weighted by atomic mass is 16.5. The molecule has 0 unspecified atom stereocenters. The van der Waals surface area contributed by atoms with Gasteiger partial charge in [-0.05, 0) is 17.7 Å². The lowest BCUT2D eigenvalue weighted by Crippen LogP contribution is -2.00. The molecule has 0 aliphatic carbocycles. The van der Waals surface area contributed by atoms with Gasteiger partial charge in [-0.2, -0.15) is 4.91 Å². The Morgan fingerprint density at radius 3 is 2.46 bits per heavy atom. The molecule has 4 heteroatoms. The van der Waals surface area contributed by atoms with E-state index in [9.17, 15) is 9.70 Å². The minimum atomic E-state index is -0.384. The highest BCUT2D eigenvalue weighted by Gasteiger charge is 2.03. The van der Waals surface area contributed by atoms with Crippen molar-refractivity contribution in [3.63, 3.8) is 0 Å². The number of rotatable bonds is 3. The summed E-state index contributed by atoms with van der Waals surface area (Å²) >= 11 is 0. The van der Waals surface area contributed by atoms with Gasteiger partial charge in [0.1, 0.15) is 6.54 Å². The Hall–Kier alpha value is -1.71. The predicted molar refractivity (Wildman–Crippen MR) is 47.3 cm³/mol. The fourth-order valence-corrected chi connectivity index (χ4v) is 0.939. The van der Waals surface area contributed by atoms with Crippen LogP contribution >= 0.6 is 0 Å². The van der Waals surface area contributed by atoms with Crippen LogP contribution in [-0.4, -0.2) is 13.1 Å². The Balaban J connectivity index is 2.80. The van der Waals surface area contributed by atoms with Crippen molar-refractivity contribution in [3.8, 4) is 0 Å². The van der Waals surface area contributed by atoms with E-state index in [1.54, 1.807) is 24.3 Å². The maximum atomic E-state index is 11.0. The molecule has 0 saturated heterocycles. The first-order valence-corrected chi connectivity index (χ1v) is 3.74. The first-order chi connectivity index (χ1) is 6.27. The van der Waals surface area contributed by atoms with Gasteiger partial charge in [0.15, 0.2) is 0 Å². The maximum Gasteiger partial charge on any atom is 0.337 e. The zero-order valence-corrected chi connectivity index (χ0v) is 7.19. The molecule has 1 aromatic rings. The third-order valence-corrected chi connectivity index (χ3v) is 1.62. The normalized spacial score (nSPS) is 9.31. The van der Waals surface area contributed by atoms with Crippen molar-refractivity contribution < 1.29 is 9.53 Å². The third-order valence-electron chi connectivity index (χ3n) is 1.62. The van der Waals surface area contributed by atoms with Crippen LogP contribution < -0.4 is 0 Å². The van der Waals surface area contributed by atoms with Crippen molar-refractivity contribution in [3.05, 3.63) is 40.3 Å². The summed E-state index contributed by atoms with van der Waals surface area (Å²) in [5, 5.41) is 2.73. The largest absolute Gasteiger partial charge is 0.465 e. The number of benzene rings is 1. The van der Waals surface area contributed by atoms with Crippen LogP contribution in [0.1, 0.15) is 15.9 Å². The summed E-state index contributed by atoms with van der Waals surface area (Å²) in [6.07, 6.45) is 0. The monoisotopic (exact) mass is 179 g/mol. The van der Waals surface area contributed by atoms with Crippen molar-refractivity contribution in [2.45, 2.75) is 6.54 Å². The molecule has 0 fully saturated rings. The molecular weight excluding hydrogens is 170 g/mol. The van der Waals surface area contributed by atoms with Crippen LogP contribution in [0.2, 0.25) is 0 Å². The van der Waals surface area contributed by atoms with Crippen LogP contribution in [0.5, 0.6) is 0 Å². The van der Waals surface area contributed by atoms with Gasteiger partial charge >= 0.3 is 5.97 Å². The van der Waals surface area contributed by atoms with Crippen molar-refractivity contribution in [1.29, 1.82) is 0 Å². The molecular formula is C9H9NO3. The van der Waals surface area contributed by atoms with Crippen molar-refractivity contribution in [2.24, 2.45) is 5.18 Å². The predicted octanol–water partition coefficient (Wildman–Crippen LogP) is 1.74. The van der Waals surface area contributed by atoms with Gasteiger partial charge in [-0.3, -0.25) is 0 Å². The maximum absolute atomic E-state index is 11.0. The molecule has 0 atom stereocenters. The van der Waals surface area contributed by atoms with Gasteiger partial charge in [-0.15, -0.1) is 0 Å². The lowest BCUT2D eigenvalue weighted by molar-refractivity contribution is 0.0600. The van der Waals surface area contributed by atoms with Gasteiger partial charge in [0.2, 0.25) is 0 Å². The van der Waals surface area contributed by atoms with Crippen LogP contribution in [0, 0.1) is 4.91 Å². The number of hydrogen-bond acceptors (Lipinski definition) is 4. The van der Waals surface area contributed by atoms with Gasteiger partial charge in [0.05, 0.1) is 12.7 Å². The standard InChI is InChI=1S/C9H9NO3/c1-13-9(11)8-4-2-7(3-5-8)6-10-12/h2-5H,6H2,1H3. The molecule has 0 saturated carbocycles. The molecule has 0 aromatic heterocycles. The molecule has 0 N–H and O–H groups in total. The summed E-state index contributed by atoms with van der Waals surface area (Å²) in [5.74, 6) is -0.384. The van der Waals surface area contributed by atoms with Crippen LogP contribution in [0.15, 0.2) is 29.4 Å². The number of ether oxygens (including phenoxy) is 1. The van der Waals surface area contributed by atoms with E-state index in [1.165, 1.54) is 7.11 Å². The van der Waals surface area contributed by atoms with Gasteiger partial charge in [0.25, 0.3) is 0 Å². The van der Waals surface area contributed by atoms with Crippen LogP contribution in [0.4, 0.5) is 0 Å². The summed E-state index contributed by atoms with van der Waals surface area (Å²) in [5.41, 5.74) is 1.25. The number of hydrogen-bond donors (Lipinski definition) is 0. The van der Waals surface area contributed by atoms with E-state index in [-0.39, 0.29) is 12.5 Å². The average Bonchev–Trinajstić information content (AvgIpc) is 2.18. The first kappa shape index (κ1) is 9.38. The second kappa shape index (κ2) is 4.35. The average molecular weight is 179 g/mol. The highest BCUT2D eigenvalue weighted by Crippen LogP contribution is 2.06. The number of esters is 1. The Bertz CT molecular complexity index is 305. The summed E-state index contributed by atoms with van der Waals surface area (Å²) in [6, 6.07) is 6.56. The lowest BCUT2D eigenvalue weighted by Gasteiger charge is -1.99. The number of carbonyl (C=O) groups is 1. The topological polar surface area (TPSA) is 55.7 Å². The highest BCUT2D eigenvalue weighted by molar-refractivity contribution is 5.89. The summed E-state index contributed by atoms with van der Waals surface area (Å²) in [4.78, 5) is 20.9. The summed E-state index contributed by atoms with van der Waals surface area (Å²) < 4.78 is 4.51. The zero-order valence-electron chi connectivity index (χ0n) is 7.19.